The summed E-state index contributed by atoms with van der Waals surface area (Å²) >= 11 is 1.63. The summed E-state index contributed by atoms with van der Waals surface area (Å²) in [5.41, 5.74) is 2.47. The first-order valence-electron chi connectivity index (χ1n) is 10.3. The first kappa shape index (κ1) is 22.3. The second kappa shape index (κ2) is 7.89. The fourth-order valence-corrected chi connectivity index (χ4v) is 5.21. The maximum absolute atomic E-state index is 12.3. The molecule has 0 spiro atoms. The van der Waals surface area contributed by atoms with Crippen molar-refractivity contribution in [3.63, 3.8) is 0 Å². The zero-order valence-corrected chi connectivity index (χ0v) is 20.4. The highest BCUT2D eigenvalue weighted by Crippen LogP contribution is 2.40. The van der Waals surface area contributed by atoms with Crippen molar-refractivity contribution in [3.8, 4) is 11.3 Å². The SMILES string of the molecule is CC1(C)OCC(C)(c2ccnc(-c3cccc4cc(/C=N/S(=O)C(C)(C)C)sc34)c2)O1. The van der Waals surface area contributed by atoms with Crippen molar-refractivity contribution in [2.24, 2.45) is 4.40 Å². The van der Waals surface area contributed by atoms with E-state index in [1.807, 2.05) is 52.9 Å². The molecule has 1 saturated heterocycles. The Morgan fingerprint density at radius 1 is 1.19 bits per heavy atom. The molecule has 3 aromatic rings. The third kappa shape index (κ3) is 4.65. The Hall–Kier alpha value is -1.93. The van der Waals surface area contributed by atoms with Crippen LogP contribution in [0, 0.1) is 0 Å². The van der Waals surface area contributed by atoms with Crippen LogP contribution in [0.3, 0.4) is 0 Å². The van der Waals surface area contributed by atoms with Gasteiger partial charge >= 0.3 is 0 Å². The highest BCUT2D eigenvalue weighted by Gasteiger charge is 2.43. The number of fused-ring (bicyclic) bond motifs is 1. The van der Waals surface area contributed by atoms with Gasteiger partial charge in [-0.2, -0.15) is 4.40 Å². The molecule has 0 aliphatic carbocycles. The Bertz CT molecular complexity index is 1180. The monoisotopic (exact) mass is 456 g/mol. The first-order chi connectivity index (χ1) is 14.5. The summed E-state index contributed by atoms with van der Waals surface area (Å²) < 4.78 is 29.3. The van der Waals surface area contributed by atoms with Crippen LogP contribution < -0.4 is 0 Å². The van der Waals surface area contributed by atoms with Gasteiger partial charge in [0.1, 0.15) is 16.6 Å². The average molecular weight is 457 g/mol. The zero-order chi connectivity index (χ0) is 22.4. The molecule has 3 heterocycles. The molecule has 5 nitrogen and oxygen atoms in total. The number of nitrogens with zero attached hydrogens (tertiary/aromatic N) is 2. The van der Waals surface area contributed by atoms with Crippen LogP contribution in [0.4, 0.5) is 0 Å². The van der Waals surface area contributed by atoms with Gasteiger partial charge in [0.15, 0.2) is 5.79 Å². The predicted octanol–water partition coefficient (Wildman–Crippen LogP) is 5.84. The maximum Gasteiger partial charge on any atom is 0.164 e. The molecular weight excluding hydrogens is 428 g/mol. The second-order valence-electron chi connectivity index (χ2n) is 9.42. The van der Waals surface area contributed by atoms with Crippen molar-refractivity contribution in [1.82, 2.24) is 4.98 Å². The molecule has 0 N–H and O–H groups in total. The minimum atomic E-state index is -1.28. The van der Waals surface area contributed by atoms with Crippen LogP contribution in [0.1, 0.15) is 52.0 Å². The van der Waals surface area contributed by atoms with E-state index < -0.39 is 22.4 Å². The zero-order valence-electron chi connectivity index (χ0n) is 18.8. The molecule has 2 unspecified atom stereocenters. The molecule has 0 bridgehead atoms. The Labute approximate surface area is 190 Å². The average Bonchev–Trinajstić information content (AvgIpc) is 3.25. The number of rotatable bonds is 4. The van der Waals surface area contributed by atoms with Crippen molar-refractivity contribution in [2.75, 3.05) is 6.61 Å². The van der Waals surface area contributed by atoms with Crippen molar-refractivity contribution in [3.05, 3.63) is 53.0 Å². The van der Waals surface area contributed by atoms with E-state index >= 15 is 0 Å². The molecule has 1 aromatic carbocycles. The third-order valence-electron chi connectivity index (χ3n) is 5.18. The lowest BCUT2D eigenvalue weighted by Gasteiger charge is -2.25. The lowest BCUT2D eigenvalue weighted by atomic mass is 9.96. The summed E-state index contributed by atoms with van der Waals surface area (Å²) in [7, 11) is -1.28. The number of ether oxygens (including phenoxy) is 2. The van der Waals surface area contributed by atoms with Gasteiger partial charge in [0, 0.05) is 21.3 Å². The summed E-state index contributed by atoms with van der Waals surface area (Å²) in [6.45, 7) is 12.2. The van der Waals surface area contributed by atoms with Crippen molar-refractivity contribution < 1.29 is 13.7 Å². The normalized spacial score (nSPS) is 22.4. The Morgan fingerprint density at radius 2 is 1.97 bits per heavy atom. The standard InChI is InChI=1S/C24H28N2O3S2/c1-22(2,3)31(27)26-14-18-12-16-8-7-9-19(21(16)30-18)20-13-17(10-11-25-20)24(6)15-28-23(4,5)29-24/h7-14H,15H2,1-6H3/b26-14+. The van der Waals surface area contributed by atoms with Gasteiger partial charge in [-0.05, 0) is 70.7 Å². The van der Waals surface area contributed by atoms with E-state index in [1.165, 1.54) is 0 Å². The van der Waals surface area contributed by atoms with Crippen molar-refractivity contribution >= 4 is 38.6 Å². The van der Waals surface area contributed by atoms with Gasteiger partial charge in [-0.1, -0.05) is 18.2 Å². The largest absolute Gasteiger partial charge is 0.347 e. The molecule has 2 atom stereocenters. The highest BCUT2D eigenvalue weighted by atomic mass is 32.2. The van der Waals surface area contributed by atoms with Gasteiger partial charge in [0.25, 0.3) is 0 Å². The Balaban J connectivity index is 1.70. The quantitative estimate of drug-likeness (QED) is 0.463. The molecule has 164 valence electrons. The van der Waals surface area contributed by atoms with E-state index in [2.05, 4.69) is 40.6 Å². The molecule has 0 radical (unpaired) electrons. The van der Waals surface area contributed by atoms with E-state index in [9.17, 15) is 4.21 Å². The number of thiophene rings is 1. The fraction of sp³-hybridized carbons (Fsp3) is 0.417. The van der Waals surface area contributed by atoms with Crippen LogP contribution in [0.5, 0.6) is 0 Å². The summed E-state index contributed by atoms with van der Waals surface area (Å²) in [4.78, 5) is 5.61. The predicted molar refractivity (Wildman–Crippen MR) is 129 cm³/mol. The minimum absolute atomic E-state index is 0.376. The van der Waals surface area contributed by atoms with E-state index in [0.29, 0.717) is 6.61 Å². The number of hydrogen-bond donors (Lipinski definition) is 0. The number of aromatic nitrogens is 1. The summed E-state index contributed by atoms with van der Waals surface area (Å²) in [6, 6.07) is 12.3. The van der Waals surface area contributed by atoms with Crippen LogP contribution >= 0.6 is 11.3 Å². The summed E-state index contributed by atoms with van der Waals surface area (Å²) in [6.07, 6.45) is 3.54. The Morgan fingerprint density at radius 3 is 2.65 bits per heavy atom. The summed E-state index contributed by atoms with van der Waals surface area (Å²) in [5, 5.41) is 1.12. The van der Waals surface area contributed by atoms with Gasteiger partial charge in [-0.15, -0.1) is 11.3 Å². The number of pyridine rings is 1. The van der Waals surface area contributed by atoms with Crippen molar-refractivity contribution in [2.45, 2.75) is 57.7 Å². The number of hydrogen-bond acceptors (Lipinski definition) is 5. The van der Waals surface area contributed by atoms with Gasteiger partial charge in [0.2, 0.25) is 0 Å². The summed E-state index contributed by atoms with van der Waals surface area (Å²) in [5.74, 6) is -0.604. The van der Waals surface area contributed by atoms with Gasteiger partial charge in [-0.25, -0.2) is 4.21 Å². The minimum Gasteiger partial charge on any atom is -0.347 e. The maximum atomic E-state index is 12.3. The third-order valence-corrected chi connectivity index (χ3v) is 7.64. The van der Waals surface area contributed by atoms with Gasteiger partial charge in [-0.3, -0.25) is 4.98 Å². The van der Waals surface area contributed by atoms with Gasteiger partial charge < -0.3 is 9.47 Å². The molecule has 1 aliphatic rings. The molecule has 4 rings (SSSR count). The topological polar surface area (TPSA) is 60.8 Å². The second-order valence-corrected chi connectivity index (χ2v) is 12.4. The van der Waals surface area contributed by atoms with Crippen molar-refractivity contribution in [1.29, 1.82) is 0 Å². The van der Waals surface area contributed by atoms with E-state index in [1.54, 1.807) is 17.6 Å². The molecule has 2 aromatic heterocycles. The van der Waals surface area contributed by atoms with E-state index in [4.69, 9.17) is 9.47 Å². The molecule has 1 fully saturated rings. The molecule has 0 amide bonds. The highest BCUT2D eigenvalue weighted by molar-refractivity contribution is 7.85. The van der Waals surface area contributed by atoms with Crippen LogP contribution in [0.25, 0.3) is 21.3 Å². The lowest BCUT2D eigenvalue weighted by molar-refractivity contribution is -0.159. The molecule has 0 saturated carbocycles. The molecule has 7 heteroatoms. The van der Waals surface area contributed by atoms with E-state index in [0.717, 1.165) is 31.8 Å². The Kier molecular flexibility index (Phi) is 5.67. The van der Waals surface area contributed by atoms with Crippen LogP contribution in [-0.2, 0) is 26.1 Å². The van der Waals surface area contributed by atoms with Crippen LogP contribution in [-0.4, -0.2) is 32.5 Å². The molecule has 31 heavy (non-hydrogen) atoms. The fourth-order valence-electron chi connectivity index (χ4n) is 3.57. The molecular formula is C24H28N2O3S2. The first-order valence-corrected chi connectivity index (χ1v) is 12.2. The van der Waals surface area contributed by atoms with Gasteiger partial charge in [0.05, 0.1) is 23.3 Å². The lowest BCUT2D eigenvalue weighted by Crippen LogP contribution is -2.28. The smallest absolute Gasteiger partial charge is 0.164 e. The van der Waals surface area contributed by atoms with E-state index in [-0.39, 0.29) is 4.75 Å². The molecule has 1 aliphatic heterocycles. The number of benzene rings is 1. The van der Waals surface area contributed by atoms with Crippen LogP contribution in [0.2, 0.25) is 0 Å². The van der Waals surface area contributed by atoms with Crippen LogP contribution in [0.15, 0.2) is 47.0 Å².